The Morgan fingerprint density at radius 3 is 3.00 bits per heavy atom. The zero-order valence-corrected chi connectivity index (χ0v) is 12.2. The average molecular weight is 259 g/mol. The number of benzene rings is 1. The Morgan fingerprint density at radius 1 is 1.26 bits per heavy atom. The third kappa shape index (κ3) is 2.99. The number of rotatable bonds is 2. The highest BCUT2D eigenvalue weighted by Crippen LogP contribution is 2.18. The minimum Gasteiger partial charge on any atom is -0.312 e. The van der Waals surface area contributed by atoms with E-state index < -0.39 is 0 Å². The van der Waals surface area contributed by atoms with Crippen LogP contribution in [0.2, 0.25) is 0 Å². The van der Waals surface area contributed by atoms with Crippen molar-refractivity contribution in [3.8, 4) is 0 Å². The van der Waals surface area contributed by atoms with Crippen molar-refractivity contribution in [1.29, 1.82) is 0 Å². The van der Waals surface area contributed by atoms with Crippen molar-refractivity contribution >= 4 is 0 Å². The summed E-state index contributed by atoms with van der Waals surface area (Å²) in [5.74, 6) is 0. The molecule has 1 atom stereocenters. The Bertz CT molecular complexity index is 444. The molecule has 1 N–H and O–H groups in total. The maximum Gasteiger partial charge on any atom is 0.0235 e. The molecule has 3 nitrogen and oxygen atoms in total. The first-order valence-corrected chi connectivity index (χ1v) is 7.46. The summed E-state index contributed by atoms with van der Waals surface area (Å²) in [6.45, 7) is 9.16. The maximum atomic E-state index is 3.46. The molecule has 0 amide bonds. The Hall–Kier alpha value is -0.900. The van der Waals surface area contributed by atoms with Gasteiger partial charge in [0, 0.05) is 38.8 Å². The molecule has 0 saturated carbocycles. The highest BCUT2D eigenvalue weighted by Gasteiger charge is 2.20. The van der Waals surface area contributed by atoms with E-state index in [1.54, 1.807) is 0 Å². The quantitative estimate of drug-likeness (QED) is 0.867. The molecule has 104 valence electrons. The molecule has 0 bridgehead atoms. The van der Waals surface area contributed by atoms with E-state index in [4.69, 9.17) is 0 Å². The van der Waals surface area contributed by atoms with Crippen LogP contribution in [0.5, 0.6) is 0 Å². The summed E-state index contributed by atoms with van der Waals surface area (Å²) < 4.78 is 0. The molecule has 1 fully saturated rings. The first kappa shape index (κ1) is 13.1. The fourth-order valence-electron chi connectivity index (χ4n) is 3.16. The van der Waals surface area contributed by atoms with Crippen molar-refractivity contribution in [3.63, 3.8) is 0 Å². The number of hydrogen-bond acceptors (Lipinski definition) is 3. The lowest BCUT2D eigenvalue weighted by Gasteiger charge is -2.37. The van der Waals surface area contributed by atoms with Gasteiger partial charge < -0.3 is 10.2 Å². The highest BCUT2D eigenvalue weighted by molar-refractivity contribution is 5.33. The van der Waals surface area contributed by atoms with Gasteiger partial charge in [0.25, 0.3) is 0 Å². The molecule has 3 heteroatoms. The number of hydrogen-bond donors (Lipinski definition) is 1. The first-order chi connectivity index (χ1) is 9.22. The fourth-order valence-corrected chi connectivity index (χ4v) is 3.16. The number of piperazine rings is 1. The fraction of sp³-hybridized carbons (Fsp3) is 0.625. The number of fused-ring (bicyclic) bond motifs is 1. The van der Waals surface area contributed by atoms with E-state index in [-0.39, 0.29) is 0 Å². The first-order valence-electron chi connectivity index (χ1n) is 7.46. The van der Waals surface area contributed by atoms with Gasteiger partial charge in [0.05, 0.1) is 0 Å². The number of nitrogens with zero attached hydrogens (tertiary/aromatic N) is 2. The molecule has 2 aliphatic rings. The molecular weight excluding hydrogens is 234 g/mol. The molecular formula is C16H25N3. The van der Waals surface area contributed by atoms with Gasteiger partial charge in [0.2, 0.25) is 0 Å². The Morgan fingerprint density at radius 2 is 2.16 bits per heavy atom. The Balaban J connectivity index is 1.66. The topological polar surface area (TPSA) is 18.5 Å². The van der Waals surface area contributed by atoms with Gasteiger partial charge >= 0.3 is 0 Å². The van der Waals surface area contributed by atoms with E-state index in [0.29, 0.717) is 6.04 Å². The monoisotopic (exact) mass is 259 g/mol. The third-order valence-electron chi connectivity index (χ3n) is 4.61. The van der Waals surface area contributed by atoms with Crippen molar-refractivity contribution in [2.24, 2.45) is 0 Å². The van der Waals surface area contributed by atoms with Crippen LogP contribution in [0.4, 0.5) is 0 Å². The van der Waals surface area contributed by atoms with E-state index >= 15 is 0 Å². The summed E-state index contributed by atoms with van der Waals surface area (Å²) >= 11 is 0. The van der Waals surface area contributed by atoms with Crippen LogP contribution in [0.1, 0.15) is 23.6 Å². The molecule has 3 rings (SSSR count). The number of likely N-dealkylation sites (N-methyl/N-ethyl adjacent to an activating group) is 1. The van der Waals surface area contributed by atoms with E-state index in [9.17, 15) is 0 Å². The third-order valence-corrected chi connectivity index (χ3v) is 4.61. The lowest BCUT2D eigenvalue weighted by molar-refractivity contribution is 0.1000. The van der Waals surface area contributed by atoms with Crippen LogP contribution < -0.4 is 5.32 Å². The highest BCUT2D eigenvalue weighted by atomic mass is 15.3. The molecule has 1 saturated heterocycles. The largest absolute Gasteiger partial charge is 0.312 e. The molecule has 19 heavy (non-hydrogen) atoms. The van der Waals surface area contributed by atoms with Crippen molar-refractivity contribution in [1.82, 2.24) is 15.1 Å². The second kappa shape index (κ2) is 5.61. The summed E-state index contributed by atoms with van der Waals surface area (Å²) in [6, 6.07) is 7.75. The van der Waals surface area contributed by atoms with Gasteiger partial charge in [-0.05, 0) is 43.6 Å². The standard InChI is InChI=1S/C16H25N3/c1-13-11-19(8-7-18(13)2)12-14-3-4-15-5-6-17-10-16(15)9-14/h3-4,9,13,17H,5-8,10-12H2,1-2H3. The molecule has 1 aromatic rings. The Kier molecular flexibility index (Phi) is 3.87. The predicted molar refractivity (Wildman–Crippen MR) is 79.2 cm³/mol. The van der Waals surface area contributed by atoms with Gasteiger partial charge in [-0.3, -0.25) is 4.90 Å². The molecule has 0 radical (unpaired) electrons. The van der Waals surface area contributed by atoms with Gasteiger partial charge in [0.1, 0.15) is 0 Å². The van der Waals surface area contributed by atoms with Crippen LogP contribution in [-0.2, 0) is 19.5 Å². The second-order valence-corrected chi connectivity index (χ2v) is 6.09. The van der Waals surface area contributed by atoms with Crippen LogP contribution in [0.3, 0.4) is 0 Å². The molecule has 0 aliphatic carbocycles. The van der Waals surface area contributed by atoms with Crippen molar-refractivity contribution in [3.05, 3.63) is 34.9 Å². The molecule has 1 unspecified atom stereocenters. The smallest absolute Gasteiger partial charge is 0.0235 e. The lowest BCUT2D eigenvalue weighted by atomic mass is 9.98. The van der Waals surface area contributed by atoms with Gasteiger partial charge in [-0.2, -0.15) is 0 Å². The normalized spacial score (nSPS) is 25.3. The van der Waals surface area contributed by atoms with Crippen molar-refractivity contribution in [2.45, 2.75) is 32.5 Å². The van der Waals surface area contributed by atoms with Crippen LogP contribution in [0, 0.1) is 0 Å². The average Bonchev–Trinajstić information content (AvgIpc) is 2.43. The maximum absolute atomic E-state index is 3.46. The second-order valence-electron chi connectivity index (χ2n) is 6.09. The van der Waals surface area contributed by atoms with Gasteiger partial charge in [0.15, 0.2) is 0 Å². The van der Waals surface area contributed by atoms with E-state index in [0.717, 1.165) is 19.6 Å². The molecule has 2 aliphatic heterocycles. The lowest BCUT2D eigenvalue weighted by Crippen LogP contribution is -2.49. The van der Waals surface area contributed by atoms with Crippen LogP contribution in [0.15, 0.2) is 18.2 Å². The summed E-state index contributed by atoms with van der Waals surface area (Å²) in [7, 11) is 2.23. The van der Waals surface area contributed by atoms with Crippen LogP contribution >= 0.6 is 0 Å². The molecule has 1 aromatic carbocycles. The Labute approximate surface area is 116 Å². The summed E-state index contributed by atoms with van der Waals surface area (Å²) in [4.78, 5) is 5.04. The van der Waals surface area contributed by atoms with Gasteiger partial charge in [-0.25, -0.2) is 0 Å². The van der Waals surface area contributed by atoms with Crippen molar-refractivity contribution in [2.75, 3.05) is 33.2 Å². The van der Waals surface area contributed by atoms with E-state index in [1.807, 2.05) is 0 Å². The minimum atomic E-state index is 0.674. The minimum absolute atomic E-state index is 0.674. The van der Waals surface area contributed by atoms with Gasteiger partial charge in [-0.1, -0.05) is 18.2 Å². The predicted octanol–water partition coefficient (Wildman–Crippen LogP) is 1.47. The molecule has 2 heterocycles. The molecule has 0 aromatic heterocycles. The van der Waals surface area contributed by atoms with E-state index in [1.165, 1.54) is 42.7 Å². The van der Waals surface area contributed by atoms with E-state index in [2.05, 4.69) is 47.3 Å². The summed E-state index contributed by atoms with van der Waals surface area (Å²) in [5.41, 5.74) is 4.51. The zero-order valence-electron chi connectivity index (χ0n) is 12.2. The van der Waals surface area contributed by atoms with Gasteiger partial charge in [-0.15, -0.1) is 0 Å². The molecule has 0 spiro atoms. The summed E-state index contributed by atoms with van der Waals surface area (Å²) in [5, 5.41) is 3.46. The summed E-state index contributed by atoms with van der Waals surface area (Å²) in [6.07, 6.45) is 1.18. The van der Waals surface area contributed by atoms with Crippen molar-refractivity contribution < 1.29 is 0 Å². The van der Waals surface area contributed by atoms with Crippen LogP contribution in [-0.4, -0.2) is 49.1 Å². The van der Waals surface area contributed by atoms with Crippen LogP contribution in [0.25, 0.3) is 0 Å². The number of nitrogens with one attached hydrogen (secondary N) is 1. The SMILES string of the molecule is CC1CN(Cc2ccc3c(c2)CNCC3)CCN1C. The zero-order chi connectivity index (χ0) is 13.2.